The van der Waals surface area contributed by atoms with Crippen LogP contribution in [0.4, 0.5) is 0 Å². The van der Waals surface area contributed by atoms with Gasteiger partial charge in [-0.1, -0.05) is 13.8 Å². The van der Waals surface area contributed by atoms with Gasteiger partial charge in [-0.15, -0.1) is 0 Å². The Labute approximate surface area is 178 Å². The van der Waals surface area contributed by atoms with E-state index in [4.69, 9.17) is 21.1 Å². The van der Waals surface area contributed by atoms with E-state index in [9.17, 15) is 24.0 Å². The number of carbonyl (C=O) groups is 5. The van der Waals surface area contributed by atoms with Crippen LogP contribution in [0.5, 0.6) is 0 Å². The number of aliphatic hydroxyl groups is 1. The van der Waals surface area contributed by atoms with E-state index in [-0.39, 0.29) is 6.42 Å². The van der Waals surface area contributed by atoms with Crippen LogP contribution in [0, 0.1) is 5.92 Å². The highest BCUT2D eigenvalue weighted by atomic mass is 32.2. The summed E-state index contributed by atoms with van der Waals surface area (Å²) in [5.41, 5.74) is 5.45. The molecule has 0 aromatic rings. The lowest BCUT2D eigenvalue weighted by Gasteiger charge is -2.26. The number of carboxylic acids is 2. The second-order valence-electron chi connectivity index (χ2n) is 6.86. The topological polar surface area (TPSA) is 208 Å². The molecule has 4 unspecified atom stereocenters. The maximum Gasteiger partial charge on any atom is 0.326 e. The fourth-order valence-corrected chi connectivity index (χ4v) is 2.76. The van der Waals surface area contributed by atoms with Crippen molar-refractivity contribution in [3.8, 4) is 0 Å². The molecule has 0 radical (unpaired) electrons. The Hall–Kier alpha value is -2.38. The van der Waals surface area contributed by atoms with Crippen molar-refractivity contribution in [3.05, 3.63) is 0 Å². The first kappa shape index (κ1) is 27.6. The summed E-state index contributed by atoms with van der Waals surface area (Å²) < 4.78 is 0. The summed E-state index contributed by atoms with van der Waals surface area (Å²) in [6, 6.07) is -5.09. The molecule has 0 bridgehead atoms. The van der Waals surface area contributed by atoms with Gasteiger partial charge >= 0.3 is 11.9 Å². The molecule has 0 aliphatic heterocycles. The third-order valence-corrected chi connectivity index (χ3v) is 4.66. The fourth-order valence-electron chi connectivity index (χ4n) is 2.29. The number of carboxylic acid groups (broad SMARTS) is 2. The van der Waals surface area contributed by atoms with Crippen molar-refractivity contribution in [2.75, 3.05) is 18.6 Å². The van der Waals surface area contributed by atoms with Crippen LogP contribution in [-0.4, -0.2) is 87.8 Å². The lowest BCUT2D eigenvalue weighted by molar-refractivity contribution is -0.147. The molecule has 0 saturated carbocycles. The first-order chi connectivity index (χ1) is 13.9. The van der Waals surface area contributed by atoms with Crippen LogP contribution in [0.2, 0.25) is 0 Å². The van der Waals surface area contributed by atoms with Gasteiger partial charge in [-0.25, -0.2) is 4.79 Å². The average molecular weight is 451 g/mol. The van der Waals surface area contributed by atoms with Crippen molar-refractivity contribution < 1.29 is 39.3 Å². The van der Waals surface area contributed by atoms with Crippen LogP contribution >= 0.6 is 11.8 Å². The quantitative estimate of drug-likeness (QED) is 0.151. The summed E-state index contributed by atoms with van der Waals surface area (Å²) in [5, 5.41) is 33.8. The lowest BCUT2D eigenvalue weighted by atomic mass is 10.0. The van der Waals surface area contributed by atoms with E-state index in [1.165, 1.54) is 11.8 Å². The largest absolute Gasteiger partial charge is 0.481 e. The molecule has 0 aromatic carbocycles. The minimum Gasteiger partial charge on any atom is -0.481 e. The lowest BCUT2D eigenvalue weighted by Crippen LogP contribution is -2.58. The number of nitrogens with one attached hydrogen (secondary N) is 3. The van der Waals surface area contributed by atoms with Crippen molar-refractivity contribution in [1.82, 2.24) is 16.0 Å². The van der Waals surface area contributed by atoms with Gasteiger partial charge in [0.1, 0.15) is 24.2 Å². The van der Waals surface area contributed by atoms with Gasteiger partial charge in [0.05, 0.1) is 13.0 Å². The van der Waals surface area contributed by atoms with Gasteiger partial charge in [0.15, 0.2) is 0 Å². The molecule has 0 aliphatic rings. The van der Waals surface area contributed by atoms with Crippen LogP contribution in [0.1, 0.15) is 26.7 Å². The Morgan fingerprint density at radius 3 is 1.93 bits per heavy atom. The summed E-state index contributed by atoms with van der Waals surface area (Å²) in [6.07, 6.45) is 1.19. The zero-order valence-electron chi connectivity index (χ0n) is 17.1. The van der Waals surface area contributed by atoms with Crippen molar-refractivity contribution in [2.24, 2.45) is 11.7 Å². The van der Waals surface area contributed by atoms with Gasteiger partial charge in [0.2, 0.25) is 17.7 Å². The van der Waals surface area contributed by atoms with Crippen molar-refractivity contribution in [2.45, 2.75) is 50.9 Å². The molecule has 8 N–H and O–H groups in total. The molecule has 0 aliphatic carbocycles. The summed E-state index contributed by atoms with van der Waals surface area (Å²) in [6.45, 7) is 2.60. The van der Waals surface area contributed by atoms with Gasteiger partial charge in [0.25, 0.3) is 0 Å². The van der Waals surface area contributed by atoms with E-state index < -0.39 is 72.8 Å². The highest BCUT2D eigenvalue weighted by Gasteiger charge is 2.32. The first-order valence-electron chi connectivity index (χ1n) is 9.15. The standard InChI is InChI=1S/C17H30N4O8S/c1-8(2)13(16(27)20-11(17(28)29)6-12(23)24)21-15(26)10(4-5-30-3)19-14(25)9(18)7-22/h8-11,13,22H,4-7,18H2,1-3H3,(H,19,25)(H,20,27)(H,21,26)(H,23,24)(H,28,29). The molecule has 0 rings (SSSR count). The van der Waals surface area contributed by atoms with Crippen LogP contribution in [-0.2, 0) is 24.0 Å². The Balaban J connectivity index is 5.35. The molecule has 30 heavy (non-hydrogen) atoms. The molecule has 172 valence electrons. The number of aliphatic carboxylic acids is 2. The number of aliphatic hydroxyl groups excluding tert-OH is 1. The monoisotopic (exact) mass is 450 g/mol. The number of rotatable bonds is 14. The SMILES string of the molecule is CSCCC(NC(=O)C(N)CO)C(=O)NC(C(=O)NC(CC(=O)O)C(=O)O)C(C)C. The second kappa shape index (κ2) is 13.8. The maximum absolute atomic E-state index is 12.7. The number of carbonyl (C=O) groups excluding carboxylic acids is 3. The van der Waals surface area contributed by atoms with Gasteiger partial charge in [-0.2, -0.15) is 11.8 Å². The zero-order valence-corrected chi connectivity index (χ0v) is 17.9. The minimum atomic E-state index is -1.66. The predicted molar refractivity (Wildman–Crippen MR) is 109 cm³/mol. The smallest absolute Gasteiger partial charge is 0.326 e. The van der Waals surface area contributed by atoms with Gasteiger partial charge in [0, 0.05) is 0 Å². The number of amides is 3. The molecule has 13 heteroatoms. The fraction of sp³-hybridized carbons (Fsp3) is 0.706. The maximum atomic E-state index is 12.7. The normalized spacial score (nSPS) is 14.9. The summed E-state index contributed by atoms with van der Waals surface area (Å²) in [7, 11) is 0. The molecule has 3 amide bonds. The third-order valence-electron chi connectivity index (χ3n) is 4.02. The summed E-state index contributed by atoms with van der Waals surface area (Å²) in [5.74, 6) is -5.20. The molecular formula is C17H30N4O8S. The third kappa shape index (κ3) is 9.89. The van der Waals surface area contributed by atoms with Crippen molar-refractivity contribution >= 4 is 41.4 Å². The van der Waals surface area contributed by atoms with Crippen molar-refractivity contribution in [1.29, 1.82) is 0 Å². The molecule has 12 nitrogen and oxygen atoms in total. The van der Waals surface area contributed by atoms with E-state index in [2.05, 4.69) is 16.0 Å². The van der Waals surface area contributed by atoms with E-state index in [0.29, 0.717) is 5.75 Å². The summed E-state index contributed by atoms with van der Waals surface area (Å²) >= 11 is 1.43. The van der Waals surface area contributed by atoms with Crippen LogP contribution in [0.25, 0.3) is 0 Å². The molecule has 0 saturated heterocycles. The minimum absolute atomic E-state index is 0.222. The number of hydrogen-bond donors (Lipinski definition) is 7. The Kier molecular flexibility index (Phi) is 12.7. The molecule has 0 fully saturated rings. The van der Waals surface area contributed by atoms with E-state index in [1.54, 1.807) is 20.1 Å². The predicted octanol–water partition coefficient (Wildman–Crippen LogP) is -2.27. The van der Waals surface area contributed by atoms with Crippen LogP contribution in [0.15, 0.2) is 0 Å². The molecule has 0 spiro atoms. The highest BCUT2D eigenvalue weighted by molar-refractivity contribution is 7.98. The zero-order chi connectivity index (χ0) is 23.4. The summed E-state index contributed by atoms with van der Waals surface area (Å²) in [4.78, 5) is 59.1. The average Bonchev–Trinajstić information content (AvgIpc) is 2.66. The Morgan fingerprint density at radius 2 is 1.50 bits per heavy atom. The van der Waals surface area contributed by atoms with E-state index in [1.807, 2.05) is 0 Å². The molecular weight excluding hydrogens is 420 g/mol. The molecule has 4 atom stereocenters. The van der Waals surface area contributed by atoms with Crippen molar-refractivity contribution in [3.63, 3.8) is 0 Å². The Morgan fingerprint density at radius 1 is 0.933 bits per heavy atom. The van der Waals surface area contributed by atoms with E-state index in [0.717, 1.165) is 0 Å². The van der Waals surface area contributed by atoms with Crippen LogP contribution < -0.4 is 21.7 Å². The first-order valence-corrected chi connectivity index (χ1v) is 10.5. The Bertz CT molecular complexity index is 631. The number of hydrogen-bond acceptors (Lipinski definition) is 8. The second-order valence-corrected chi connectivity index (χ2v) is 7.84. The van der Waals surface area contributed by atoms with Crippen LogP contribution in [0.3, 0.4) is 0 Å². The number of thioether (sulfide) groups is 1. The van der Waals surface area contributed by atoms with Gasteiger partial charge in [-0.3, -0.25) is 19.2 Å². The number of nitrogens with two attached hydrogens (primary N) is 1. The highest BCUT2D eigenvalue weighted by Crippen LogP contribution is 2.07. The van der Waals surface area contributed by atoms with Gasteiger partial charge < -0.3 is 37.0 Å². The molecule has 0 aromatic heterocycles. The molecule has 0 heterocycles. The van der Waals surface area contributed by atoms with E-state index >= 15 is 0 Å². The van der Waals surface area contributed by atoms with Gasteiger partial charge in [-0.05, 0) is 24.3 Å².